The van der Waals surface area contributed by atoms with E-state index in [4.69, 9.17) is 0 Å². The number of fused-ring (bicyclic) bond motifs is 1. The summed E-state index contributed by atoms with van der Waals surface area (Å²) in [6, 6.07) is 16.6. The van der Waals surface area contributed by atoms with Gasteiger partial charge in [-0.3, -0.25) is 9.52 Å². The van der Waals surface area contributed by atoms with Gasteiger partial charge in [0.25, 0.3) is 15.9 Å². The van der Waals surface area contributed by atoms with Gasteiger partial charge in [-0.05, 0) is 60.1 Å². The van der Waals surface area contributed by atoms with Gasteiger partial charge in [0, 0.05) is 19.3 Å². The molecule has 33 heavy (non-hydrogen) atoms. The molecular formula is C24H22N4O3S2. The molecule has 0 bridgehead atoms. The quantitative estimate of drug-likeness (QED) is 0.445. The molecule has 168 valence electrons. The SMILES string of the molecule is O=C(c1ccc(-c2ccccc2)cc1NS(=O)(=O)c1nccc2sncc12)N1CCCCC1. The summed E-state index contributed by atoms with van der Waals surface area (Å²) < 4.78 is 34.3. The van der Waals surface area contributed by atoms with E-state index in [9.17, 15) is 13.2 Å². The van der Waals surface area contributed by atoms with E-state index in [0.717, 1.165) is 35.1 Å². The van der Waals surface area contributed by atoms with Gasteiger partial charge in [0.15, 0.2) is 5.03 Å². The number of piperidine rings is 1. The van der Waals surface area contributed by atoms with Crippen LogP contribution >= 0.6 is 11.5 Å². The number of carbonyl (C=O) groups is 1. The zero-order chi connectivity index (χ0) is 22.8. The fourth-order valence-electron chi connectivity index (χ4n) is 4.07. The van der Waals surface area contributed by atoms with E-state index in [1.807, 2.05) is 36.4 Å². The molecule has 1 aliphatic rings. The molecule has 0 unspecified atom stereocenters. The Bertz CT molecular complexity index is 1410. The molecule has 1 fully saturated rings. The minimum Gasteiger partial charge on any atom is -0.339 e. The third kappa shape index (κ3) is 4.34. The normalized spacial score (nSPS) is 14.4. The maximum absolute atomic E-state index is 13.4. The Morgan fingerprint density at radius 3 is 2.55 bits per heavy atom. The van der Waals surface area contributed by atoms with Crippen molar-refractivity contribution in [2.24, 2.45) is 0 Å². The number of hydrogen-bond donors (Lipinski definition) is 1. The molecule has 4 aromatic rings. The highest BCUT2D eigenvalue weighted by Gasteiger charge is 2.26. The zero-order valence-electron chi connectivity index (χ0n) is 17.8. The van der Waals surface area contributed by atoms with Crippen LogP contribution in [0.15, 0.2) is 72.0 Å². The third-order valence-corrected chi connectivity index (χ3v) is 7.83. The van der Waals surface area contributed by atoms with Gasteiger partial charge in [0.1, 0.15) is 0 Å². The minimum absolute atomic E-state index is 0.102. The van der Waals surface area contributed by atoms with Gasteiger partial charge in [0.2, 0.25) is 0 Å². The lowest BCUT2D eigenvalue weighted by Crippen LogP contribution is -2.36. The Morgan fingerprint density at radius 2 is 1.76 bits per heavy atom. The Balaban J connectivity index is 1.58. The monoisotopic (exact) mass is 478 g/mol. The van der Waals surface area contributed by atoms with Crippen molar-refractivity contribution in [1.82, 2.24) is 14.3 Å². The number of benzene rings is 2. The predicted octanol–water partition coefficient (Wildman–Crippen LogP) is 4.79. The molecule has 2 aromatic carbocycles. The maximum atomic E-state index is 13.4. The van der Waals surface area contributed by atoms with E-state index >= 15 is 0 Å². The van der Waals surface area contributed by atoms with E-state index in [1.165, 1.54) is 23.9 Å². The largest absolute Gasteiger partial charge is 0.339 e. The molecule has 0 radical (unpaired) electrons. The average molecular weight is 479 g/mol. The van der Waals surface area contributed by atoms with Crippen LogP contribution in [0.4, 0.5) is 5.69 Å². The second-order valence-electron chi connectivity index (χ2n) is 7.94. The van der Waals surface area contributed by atoms with Crippen LogP contribution < -0.4 is 4.72 Å². The highest BCUT2D eigenvalue weighted by atomic mass is 32.2. The van der Waals surface area contributed by atoms with E-state index in [0.29, 0.717) is 24.0 Å². The molecule has 7 nitrogen and oxygen atoms in total. The van der Waals surface area contributed by atoms with Gasteiger partial charge < -0.3 is 4.90 Å². The summed E-state index contributed by atoms with van der Waals surface area (Å²) in [5.74, 6) is -0.171. The molecule has 0 saturated carbocycles. The Kier molecular flexibility index (Phi) is 5.82. The number of anilines is 1. The van der Waals surface area contributed by atoms with Crippen molar-refractivity contribution in [3.05, 3.63) is 72.6 Å². The molecule has 2 aromatic heterocycles. The molecule has 1 aliphatic heterocycles. The van der Waals surface area contributed by atoms with Crippen LogP contribution in [-0.2, 0) is 10.0 Å². The van der Waals surface area contributed by atoms with Crippen molar-refractivity contribution >= 4 is 43.2 Å². The molecule has 0 atom stereocenters. The Morgan fingerprint density at radius 1 is 0.970 bits per heavy atom. The van der Waals surface area contributed by atoms with Crippen molar-refractivity contribution < 1.29 is 13.2 Å². The first-order valence-electron chi connectivity index (χ1n) is 10.7. The van der Waals surface area contributed by atoms with Crippen LogP contribution in [0.5, 0.6) is 0 Å². The van der Waals surface area contributed by atoms with E-state index in [2.05, 4.69) is 14.1 Å². The van der Waals surface area contributed by atoms with Gasteiger partial charge in [0.05, 0.1) is 27.5 Å². The van der Waals surface area contributed by atoms with Crippen molar-refractivity contribution in [3.8, 4) is 11.1 Å². The smallest absolute Gasteiger partial charge is 0.280 e. The van der Waals surface area contributed by atoms with Crippen LogP contribution in [0.2, 0.25) is 0 Å². The number of hydrogen-bond acceptors (Lipinski definition) is 6. The molecule has 3 heterocycles. The highest BCUT2D eigenvalue weighted by Crippen LogP contribution is 2.31. The number of nitrogens with one attached hydrogen (secondary N) is 1. The number of likely N-dealkylation sites (tertiary alicyclic amines) is 1. The first-order chi connectivity index (χ1) is 16.0. The van der Waals surface area contributed by atoms with Crippen LogP contribution in [0, 0.1) is 0 Å². The molecular weight excluding hydrogens is 456 g/mol. The lowest BCUT2D eigenvalue weighted by atomic mass is 10.0. The molecule has 9 heteroatoms. The maximum Gasteiger partial charge on any atom is 0.280 e. The highest BCUT2D eigenvalue weighted by molar-refractivity contribution is 7.92. The molecule has 0 aliphatic carbocycles. The summed E-state index contributed by atoms with van der Waals surface area (Å²) in [6.45, 7) is 1.35. The van der Waals surface area contributed by atoms with Crippen LogP contribution in [-0.4, -0.2) is 41.7 Å². The third-order valence-electron chi connectivity index (χ3n) is 5.75. The van der Waals surface area contributed by atoms with Crippen molar-refractivity contribution in [3.63, 3.8) is 0 Å². The second kappa shape index (κ2) is 8.92. The summed E-state index contributed by atoms with van der Waals surface area (Å²) in [7, 11) is -4.06. The number of nitrogens with zero attached hydrogens (tertiary/aromatic N) is 3. The van der Waals surface area contributed by atoms with Gasteiger partial charge >= 0.3 is 0 Å². The topological polar surface area (TPSA) is 92.3 Å². The number of aromatic nitrogens is 2. The molecule has 1 saturated heterocycles. The average Bonchev–Trinajstić information content (AvgIpc) is 3.33. The first-order valence-corrected chi connectivity index (χ1v) is 13.0. The summed E-state index contributed by atoms with van der Waals surface area (Å²) in [6.07, 6.45) is 5.95. The summed E-state index contributed by atoms with van der Waals surface area (Å²) in [4.78, 5) is 19.2. The predicted molar refractivity (Wildman–Crippen MR) is 130 cm³/mol. The fraction of sp³-hybridized carbons (Fsp3) is 0.208. The van der Waals surface area contributed by atoms with E-state index in [1.54, 1.807) is 23.1 Å². The van der Waals surface area contributed by atoms with Crippen molar-refractivity contribution in [2.75, 3.05) is 17.8 Å². The van der Waals surface area contributed by atoms with Crippen molar-refractivity contribution in [1.29, 1.82) is 0 Å². The summed E-state index contributed by atoms with van der Waals surface area (Å²) in [5, 5.41) is 0.355. The number of rotatable bonds is 5. The summed E-state index contributed by atoms with van der Waals surface area (Å²) >= 11 is 1.21. The Hall–Kier alpha value is -3.30. The van der Waals surface area contributed by atoms with E-state index < -0.39 is 10.0 Å². The lowest BCUT2D eigenvalue weighted by molar-refractivity contribution is 0.0725. The van der Waals surface area contributed by atoms with E-state index in [-0.39, 0.29) is 16.6 Å². The van der Waals surface area contributed by atoms with Crippen LogP contribution in [0.1, 0.15) is 29.6 Å². The molecule has 1 N–H and O–H groups in total. The number of amides is 1. The lowest BCUT2D eigenvalue weighted by Gasteiger charge is -2.27. The zero-order valence-corrected chi connectivity index (χ0v) is 19.4. The standard InChI is InChI=1S/C24H22N4O3S2/c29-24(28-13-5-2-6-14-28)19-10-9-18(17-7-3-1-4-8-17)15-21(19)27-33(30,31)23-20-16-26-32-22(20)11-12-25-23/h1,3-4,7-12,15-16,27H,2,5-6,13-14H2. The minimum atomic E-state index is -4.06. The molecule has 0 spiro atoms. The summed E-state index contributed by atoms with van der Waals surface area (Å²) in [5.41, 5.74) is 2.31. The number of pyridine rings is 1. The fourth-order valence-corrected chi connectivity index (χ4v) is 5.98. The molecule has 5 rings (SSSR count). The van der Waals surface area contributed by atoms with Gasteiger partial charge in [-0.1, -0.05) is 36.4 Å². The van der Waals surface area contributed by atoms with Crippen molar-refractivity contribution in [2.45, 2.75) is 24.3 Å². The first kappa shape index (κ1) is 21.5. The number of sulfonamides is 1. The van der Waals surface area contributed by atoms with Crippen LogP contribution in [0.3, 0.4) is 0 Å². The number of carbonyl (C=O) groups excluding carboxylic acids is 1. The molecule has 1 amide bonds. The van der Waals surface area contributed by atoms with Gasteiger partial charge in [-0.2, -0.15) is 12.8 Å². The van der Waals surface area contributed by atoms with Gasteiger partial charge in [-0.25, -0.2) is 4.98 Å². The second-order valence-corrected chi connectivity index (χ2v) is 10.4. The van der Waals surface area contributed by atoms with Crippen LogP contribution in [0.25, 0.3) is 21.2 Å². The Labute approximate surface area is 196 Å². The van der Waals surface area contributed by atoms with Gasteiger partial charge in [-0.15, -0.1) is 0 Å².